The molecule has 0 unspecified atom stereocenters. The molecule has 0 aliphatic carbocycles. The van der Waals surface area contributed by atoms with E-state index in [9.17, 15) is 9.18 Å². The predicted octanol–water partition coefficient (Wildman–Crippen LogP) is 4.06. The molecule has 0 amide bonds. The van der Waals surface area contributed by atoms with Crippen LogP contribution in [0.4, 0.5) is 4.39 Å². The number of rotatable bonds is 5. The van der Waals surface area contributed by atoms with Crippen LogP contribution < -0.4 is 9.47 Å². The highest BCUT2D eigenvalue weighted by Crippen LogP contribution is 2.25. The number of benzene rings is 2. The quantitative estimate of drug-likeness (QED) is 0.781. The van der Waals surface area contributed by atoms with Gasteiger partial charge < -0.3 is 9.47 Å². The molecule has 0 atom stereocenters. The van der Waals surface area contributed by atoms with Crippen molar-refractivity contribution in [2.24, 2.45) is 0 Å². The van der Waals surface area contributed by atoms with Gasteiger partial charge in [-0.15, -0.1) is 0 Å². The minimum Gasteiger partial charge on any atom is -0.495 e. The molecule has 0 aromatic heterocycles. The second-order valence-corrected chi connectivity index (χ2v) is 4.88. The van der Waals surface area contributed by atoms with Gasteiger partial charge in [0.2, 0.25) is 0 Å². The summed E-state index contributed by atoms with van der Waals surface area (Å²) in [5, 5.41) is 0.352. The molecule has 110 valence electrons. The molecule has 0 bridgehead atoms. The number of hydrogen-bond donors (Lipinski definition) is 0. The third-order valence-electron chi connectivity index (χ3n) is 2.99. The van der Waals surface area contributed by atoms with Gasteiger partial charge in [-0.3, -0.25) is 4.79 Å². The maximum absolute atomic E-state index is 13.4. The fourth-order valence-electron chi connectivity index (χ4n) is 1.74. The second-order valence-electron chi connectivity index (χ2n) is 4.47. The largest absolute Gasteiger partial charge is 0.495 e. The monoisotopic (exact) mass is 308 g/mol. The first kappa shape index (κ1) is 15.3. The van der Waals surface area contributed by atoms with Crippen LogP contribution in [0.2, 0.25) is 5.02 Å². The summed E-state index contributed by atoms with van der Waals surface area (Å²) in [6.45, 7) is 1.47. The number of ketones is 1. The van der Waals surface area contributed by atoms with Gasteiger partial charge in [-0.1, -0.05) is 17.7 Å². The van der Waals surface area contributed by atoms with Crippen LogP contribution in [0, 0.1) is 12.7 Å². The van der Waals surface area contributed by atoms with Crippen molar-refractivity contribution in [1.29, 1.82) is 0 Å². The molecular formula is C16H14ClFO3. The zero-order valence-corrected chi connectivity index (χ0v) is 12.4. The SMILES string of the molecule is COc1ccc(C(=O)COc2ccc(C)c(F)c2)cc1Cl. The van der Waals surface area contributed by atoms with Crippen LogP contribution in [0.1, 0.15) is 15.9 Å². The summed E-state index contributed by atoms with van der Waals surface area (Å²) < 4.78 is 23.7. The van der Waals surface area contributed by atoms with Crippen LogP contribution in [0.25, 0.3) is 0 Å². The Kier molecular flexibility index (Phi) is 4.81. The van der Waals surface area contributed by atoms with Crippen molar-refractivity contribution >= 4 is 17.4 Å². The van der Waals surface area contributed by atoms with Gasteiger partial charge in [0.05, 0.1) is 12.1 Å². The molecule has 0 aliphatic heterocycles. The van der Waals surface area contributed by atoms with Crippen molar-refractivity contribution in [3.05, 3.63) is 58.4 Å². The molecule has 3 nitrogen and oxygen atoms in total. The lowest BCUT2D eigenvalue weighted by atomic mass is 10.1. The van der Waals surface area contributed by atoms with Crippen LogP contribution in [-0.4, -0.2) is 19.5 Å². The van der Waals surface area contributed by atoms with E-state index >= 15 is 0 Å². The van der Waals surface area contributed by atoms with Gasteiger partial charge in [0.15, 0.2) is 12.4 Å². The lowest BCUT2D eigenvalue weighted by Gasteiger charge is -2.08. The van der Waals surface area contributed by atoms with E-state index < -0.39 is 0 Å². The molecule has 2 rings (SSSR count). The summed E-state index contributed by atoms with van der Waals surface area (Å²) in [7, 11) is 1.50. The highest BCUT2D eigenvalue weighted by atomic mass is 35.5. The summed E-state index contributed by atoms with van der Waals surface area (Å²) in [5.74, 6) is 0.189. The van der Waals surface area contributed by atoms with Crippen molar-refractivity contribution in [2.45, 2.75) is 6.92 Å². The van der Waals surface area contributed by atoms with Gasteiger partial charge in [-0.2, -0.15) is 0 Å². The third kappa shape index (κ3) is 3.73. The van der Waals surface area contributed by atoms with E-state index in [0.29, 0.717) is 27.6 Å². The molecule has 0 spiro atoms. The number of halogens is 2. The fourth-order valence-corrected chi connectivity index (χ4v) is 1.99. The Labute approximate surface area is 127 Å². The van der Waals surface area contributed by atoms with E-state index in [0.717, 1.165) is 0 Å². The smallest absolute Gasteiger partial charge is 0.200 e. The standard InChI is InChI=1S/C16H14ClFO3/c1-10-3-5-12(8-14(10)18)21-9-15(19)11-4-6-16(20-2)13(17)7-11/h3-8H,9H2,1-2H3. The maximum atomic E-state index is 13.4. The van der Waals surface area contributed by atoms with Crippen LogP contribution in [-0.2, 0) is 0 Å². The summed E-state index contributed by atoms with van der Waals surface area (Å²) in [4.78, 5) is 12.0. The minimum atomic E-state index is -0.368. The normalized spacial score (nSPS) is 10.3. The van der Waals surface area contributed by atoms with Crippen molar-refractivity contribution in [1.82, 2.24) is 0 Å². The Hall–Kier alpha value is -2.07. The highest BCUT2D eigenvalue weighted by Gasteiger charge is 2.10. The molecule has 0 heterocycles. The zero-order valence-electron chi connectivity index (χ0n) is 11.7. The number of hydrogen-bond acceptors (Lipinski definition) is 3. The van der Waals surface area contributed by atoms with Gasteiger partial charge in [0.1, 0.15) is 17.3 Å². The van der Waals surface area contributed by atoms with Gasteiger partial charge in [-0.25, -0.2) is 4.39 Å². The van der Waals surface area contributed by atoms with E-state index in [4.69, 9.17) is 21.1 Å². The van der Waals surface area contributed by atoms with Gasteiger partial charge in [0.25, 0.3) is 0 Å². The summed E-state index contributed by atoms with van der Waals surface area (Å²) >= 11 is 5.96. The van der Waals surface area contributed by atoms with Gasteiger partial charge in [0, 0.05) is 11.6 Å². The lowest BCUT2D eigenvalue weighted by molar-refractivity contribution is 0.0921. The first-order valence-corrected chi connectivity index (χ1v) is 6.64. The van der Waals surface area contributed by atoms with Crippen molar-refractivity contribution in [2.75, 3.05) is 13.7 Å². The van der Waals surface area contributed by atoms with E-state index in [1.54, 1.807) is 31.2 Å². The van der Waals surface area contributed by atoms with E-state index in [1.165, 1.54) is 19.2 Å². The summed E-state index contributed by atoms with van der Waals surface area (Å²) in [6.07, 6.45) is 0. The number of ether oxygens (including phenoxy) is 2. The molecule has 2 aromatic rings. The van der Waals surface area contributed by atoms with Crippen LogP contribution >= 0.6 is 11.6 Å². The van der Waals surface area contributed by atoms with Crippen molar-refractivity contribution in [3.8, 4) is 11.5 Å². The maximum Gasteiger partial charge on any atom is 0.200 e. The average molecular weight is 309 g/mol. The van der Waals surface area contributed by atoms with Crippen molar-refractivity contribution in [3.63, 3.8) is 0 Å². The Balaban J connectivity index is 2.04. The van der Waals surface area contributed by atoms with Gasteiger partial charge in [-0.05, 0) is 36.8 Å². The first-order chi connectivity index (χ1) is 10.0. The Morgan fingerprint density at radius 2 is 2.00 bits per heavy atom. The fraction of sp³-hybridized carbons (Fsp3) is 0.188. The zero-order chi connectivity index (χ0) is 15.4. The summed E-state index contributed by atoms with van der Waals surface area (Å²) in [5.41, 5.74) is 0.934. The second kappa shape index (κ2) is 6.59. The molecular weight excluding hydrogens is 295 g/mol. The van der Waals surface area contributed by atoms with E-state index in [1.807, 2.05) is 0 Å². The molecule has 0 saturated carbocycles. The van der Waals surface area contributed by atoms with Crippen molar-refractivity contribution < 1.29 is 18.7 Å². The number of Topliss-reactive ketones (excluding diaryl/α,β-unsaturated/α-hetero) is 1. The molecule has 0 saturated heterocycles. The summed E-state index contributed by atoms with van der Waals surface area (Å²) in [6, 6.07) is 9.20. The number of methoxy groups -OCH3 is 1. The van der Waals surface area contributed by atoms with Crippen LogP contribution in [0.15, 0.2) is 36.4 Å². The predicted molar refractivity (Wildman–Crippen MR) is 79.0 cm³/mol. The highest BCUT2D eigenvalue weighted by molar-refractivity contribution is 6.32. The topological polar surface area (TPSA) is 35.5 Å². The Morgan fingerprint density at radius 1 is 1.24 bits per heavy atom. The molecule has 2 aromatic carbocycles. The minimum absolute atomic E-state index is 0.189. The lowest BCUT2D eigenvalue weighted by Crippen LogP contribution is -2.11. The van der Waals surface area contributed by atoms with E-state index in [-0.39, 0.29) is 18.2 Å². The molecule has 5 heteroatoms. The Morgan fingerprint density at radius 3 is 2.62 bits per heavy atom. The molecule has 21 heavy (non-hydrogen) atoms. The number of carbonyl (C=O) groups is 1. The van der Waals surface area contributed by atoms with Crippen LogP contribution in [0.3, 0.4) is 0 Å². The Bertz CT molecular complexity index is 671. The molecule has 0 aliphatic rings. The first-order valence-electron chi connectivity index (χ1n) is 6.27. The molecule has 0 radical (unpaired) electrons. The molecule has 0 N–H and O–H groups in total. The van der Waals surface area contributed by atoms with Crippen LogP contribution in [0.5, 0.6) is 11.5 Å². The third-order valence-corrected chi connectivity index (χ3v) is 3.28. The van der Waals surface area contributed by atoms with Gasteiger partial charge >= 0.3 is 0 Å². The average Bonchev–Trinajstić information content (AvgIpc) is 2.48. The molecule has 0 fully saturated rings. The van der Waals surface area contributed by atoms with E-state index in [2.05, 4.69) is 0 Å². The number of aryl methyl sites for hydroxylation is 1. The number of carbonyl (C=O) groups excluding carboxylic acids is 1.